The summed E-state index contributed by atoms with van der Waals surface area (Å²) in [5.74, 6) is 1.20. The summed E-state index contributed by atoms with van der Waals surface area (Å²) in [4.78, 5) is 15.0. The Morgan fingerprint density at radius 3 is 2.82 bits per heavy atom. The SMILES string of the molecule is CNC(C(=O)N1CCCC(c2nnc3ccccn23)C1)c1cnn(C)c1.Cl.Cl. The van der Waals surface area contributed by atoms with Gasteiger partial charge in [0.2, 0.25) is 5.91 Å². The Hall–Kier alpha value is -2.16. The molecule has 3 aromatic rings. The largest absolute Gasteiger partial charge is 0.340 e. The van der Waals surface area contributed by atoms with Gasteiger partial charge in [-0.2, -0.15) is 5.10 Å². The van der Waals surface area contributed by atoms with Crippen molar-refractivity contribution in [2.75, 3.05) is 20.1 Å². The molecule has 1 fully saturated rings. The predicted molar refractivity (Wildman–Crippen MR) is 111 cm³/mol. The highest BCUT2D eigenvalue weighted by Gasteiger charge is 2.32. The van der Waals surface area contributed by atoms with Crippen molar-refractivity contribution in [3.63, 3.8) is 0 Å². The second-order valence-corrected chi connectivity index (χ2v) is 6.78. The number of carbonyl (C=O) groups is 1. The Bertz CT molecular complexity index is 925. The number of piperidine rings is 1. The van der Waals surface area contributed by atoms with Gasteiger partial charge in [-0.15, -0.1) is 35.0 Å². The van der Waals surface area contributed by atoms with Gasteiger partial charge in [0.1, 0.15) is 11.9 Å². The summed E-state index contributed by atoms with van der Waals surface area (Å²) in [5.41, 5.74) is 1.73. The number of fused-ring (bicyclic) bond motifs is 1. The molecule has 1 saturated heterocycles. The Balaban J connectivity index is 0.00000140. The van der Waals surface area contributed by atoms with Crippen LogP contribution >= 0.6 is 24.8 Å². The van der Waals surface area contributed by atoms with E-state index in [1.807, 2.05) is 54.0 Å². The highest BCUT2D eigenvalue weighted by Crippen LogP contribution is 2.28. The molecule has 0 saturated carbocycles. The molecule has 3 aromatic heterocycles. The average molecular weight is 426 g/mol. The molecule has 1 aliphatic rings. The fourth-order valence-electron chi connectivity index (χ4n) is 3.73. The third-order valence-electron chi connectivity index (χ3n) is 5.03. The maximum atomic E-state index is 13.1. The lowest BCUT2D eigenvalue weighted by molar-refractivity contribution is -0.134. The van der Waals surface area contributed by atoms with Crippen LogP contribution in [0.4, 0.5) is 0 Å². The number of aromatic nitrogens is 5. The third-order valence-corrected chi connectivity index (χ3v) is 5.03. The van der Waals surface area contributed by atoms with Crippen LogP contribution in [0.2, 0.25) is 0 Å². The van der Waals surface area contributed by atoms with E-state index < -0.39 is 0 Å². The van der Waals surface area contributed by atoms with E-state index >= 15 is 0 Å². The Morgan fingerprint density at radius 2 is 2.11 bits per heavy atom. The van der Waals surface area contributed by atoms with E-state index in [0.717, 1.165) is 36.4 Å². The molecular weight excluding hydrogens is 401 g/mol. The van der Waals surface area contributed by atoms with Gasteiger partial charge in [0, 0.05) is 44.0 Å². The summed E-state index contributed by atoms with van der Waals surface area (Å²) in [6.45, 7) is 1.43. The van der Waals surface area contributed by atoms with Crippen LogP contribution < -0.4 is 5.32 Å². The van der Waals surface area contributed by atoms with E-state index in [1.54, 1.807) is 10.9 Å². The first-order valence-corrected chi connectivity index (χ1v) is 8.91. The zero-order valence-electron chi connectivity index (χ0n) is 15.9. The molecular formula is C18H25Cl2N7O. The number of hydrogen-bond acceptors (Lipinski definition) is 5. The summed E-state index contributed by atoms with van der Waals surface area (Å²) in [7, 11) is 3.66. The number of nitrogens with one attached hydrogen (secondary N) is 1. The number of likely N-dealkylation sites (tertiary alicyclic amines) is 1. The van der Waals surface area contributed by atoms with Crippen LogP contribution in [-0.4, -0.2) is 55.3 Å². The molecule has 4 heterocycles. The van der Waals surface area contributed by atoms with Crippen LogP contribution in [0.15, 0.2) is 36.8 Å². The first kappa shape index (κ1) is 22.1. The van der Waals surface area contributed by atoms with Gasteiger partial charge in [0.15, 0.2) is 5.65 Å². The van der Waals surface area contributed by atoms with Gasteiger partial charge in [-0.25, -0.2) is 0 Å². The van der Waals surface area contributed by atoms with Crippen molar-refractivity contribution >= 4 is 36.4 Å². The summed E-state index contributed by atoms with van der Waals surface area (Å²) in [6, 6.07) is 5.50. The van der Waals surface area contributed by atoms with Crippen molar-refractivity contribution in [2.45, 2.75) is 24.8 Å². The van der Waals surface area contributed by atoms with Crippen LogP contribution in [0, 0.1) is 0 Å². The normalized spacial score (nSPS) is 17.6. The number of pyridine rings is 1. The van der Waals surface area contributed by atoms with Crippen LogP contribution in [0.5, 0.6) is 0 Å². The van der Waals surface area contributed by atoms with Crippen LogP contribution in [0.1, 0.15) is 36.2 Å². The van der Waals surface area contributed by atoms with Crippen molar-refractivity contribution in [1.82, 2.24) is 34.6 Å². The quantitative estimate of drug-likeness (QED) is 0.690. The number of carbonyl (C=O) groups excluding carboxylic acids is 1. The first-order chi connectivity index (χ1) is 12.7. The van der Waals surface area contributed by atoms with E-state index in [4.69, 9.17) is 0 Å². The molecule has 0 aliphatic carbocycles. The number of rotatable bonds is 4. The maximum Gasteiger partial charge on any atom is 0.244 e. The number of aryl methyl sites for hydroxylation is 1. The summed E-state index contributed by atoms with van der Waals surface area (Å²) in [5, 5.41) is 16.0. The summed E-state index contributed by atoms with van der Waals surface area (Å²) >= 11 is 0. The molecule has 0 radical (unpaired) electrons. The highest BCUT2D eigenvalue weighted by atomic mass is 35.5. The molecule has 1 N–H and O–H groups in total. The fourth-order valence-corrected chi connectivity index (χ4v) is 3.73. The van der Waals surface area contributed by atoms with Gasteiger partial charge in [-0.3, -0.25) is 13.9 Å². The molecule has 1 amide bonds. The van der Waals surface area contributed by atoms with Gasteiger partial charge in [0.05, 0.1) is 6.20 Å². The minimum Gasteiger partial charge on any atom is -0.340 e. The van der Waals surface area contributed by atoms with E-state index in [0.29, 0.717) is 6.54 Å². The average Bonchev–Trinajstić information content (AvgIpc) is 3.29. The smallest absolute Gasteiger partial charge is 0.244 e. The number of hydrogen-bond donors (Lipinski definition) is 1. The van der Waals surface area contributed by atoms with Crippen molar-refractivity contribution in [2.24, 2.45) is 7.05 Å². The highest BCUT2D eigenvalue weighted by molar-refractivity contribution is 5.85. The fraction of sp³-hybridized carbons (Fsp3) is 0.444. The molecule has 0 bridgehead atoms. The molecule has 0 aromatic carbocycles. The minimum absolute atomic E-state index is 0. The van der Waals surface area contributed by atoms with Crippen LogP contribution in [-0.2, 0) is 11.8 Å². The maximum absolute atomic E-state index is 13.1. The zero-order valence-corrected chi connectivity index (χ0v) is 17.5. The second-order valence-electron chi connectivity index (χ2n) is 6.78. The van der Waals surface area contributed by atoms with Gasteiger partial charge in [-0.05, 0) is 32.0 Å². The molecule has 152 valence electrons. The molecule has 0 spiro atoms. The molecule has 8 nitrogen and oxygen atoms in total. The second kappa shape index (κ2) is 9.36. The lowest BCUT2D eigenvalue weighted by Gasteiger charge is -2.34. The number of likely N-dealkylation sites (N-methyl/N-ethyl adjacent to an activating group) is 1. The topological polar surface area (TPSA) is 80.3 Å². The molecule has 10 heteroatoms. The number of nitrogens with zero attached hydrogens (tertiary/aromatic N) is 6. The van der Waals surface area contributed by atoms with Crippen molar-refractivity contribution < 1.29 is 4.79 Å². The standard InChI is InChI=1S/C18H23N7O.2ClH/c1-19-16(14-10-20-23(2)11-14)18(26)24-8-5-6-13(12-24)17-22-21-15-7-3-4-9-25(15)17;;/h3-4,7,9-11,13,16,19H,5-6,8,12H2,1-2H3;2*1H. The molecule has 28 heavy (non-hydrogen) atoms. The van der Waals surface area contributed by atoms with E-state index in [2.05, 4.69) is 20.6 Å². The Morgan fingerprint density at radius 1 is 1.29 bits per heavy atom. The van der Waals surface area contributed by atoms with E-state index in [-0.39, 0.29) is 42.7 Å². The minimum atomic E-state index is -0.377. The van der Waals surface area contributed by atoms with Crippen LogP contribution in [0.3, 0.4) is 0 Å². The zero-order chi connectivity index (χ0) is 18.1. The lowest BCUT2D eigenvalue weighted by atomic mass is 9.96. The van der Waals surface area contributed by atoms with Crippen molar-refractivity contribution in [1.29, 1.82) is 0 Å². The molecule has 4 rings (SSSR count). The third kappa shape index (κ3) is 4.14. The predicted octanol–water partition coefficient (Wildman–Crippen LogP) is 1.97. The van der Waals surface area contributed by atoms with E-state index in [9.17, 15) is 4.79 Å². The van der Waals surface area contributed by atoms with Crippen molar-refractivity contribution in [3.05, 3.63) is 48.2 Å². The Labute approximate surface area is 176 Å². The van der Waals surface area contributed by atoms with Crippen molar-refractivity contribution in [3.8, 4) is 0 Å². The summed E-state index contributed by atoms with van der Waals surface area (Å²) in [6.07, 6.45) is 7.58. The first-order valence-electron chi connectivity index (χ1n) is 8.91. The van der Waals surface area contributed by atoms with E-state index in [1.165, 1.54) is 0 Å². The lowest BCUT2D eigenvalue weighted by Crippen LogP contribution is -2.44. The van der Waals surface area contributed by atoms with Crippen LogP contribution in [0.25, 0.3) is 5.65 Å². The monoisotopic (exact) mass is 425 g/mol. The van der Waals surface area contributed by atoms with Gasteiger partial charge in [-0.1, -0.05) is 6.07 Å². The number of halogens is 2. The Kier molecular flexibility index (Phi) is 7.40. The molecule has 2 atom stereocenters. The van der Waals surface area contributed by atoms with Gasteiger partial charge in [0.25, 0.3) is 0 Å². The van der Waals surface area contributed by atoms with Gasteiger partial charge < -0.3 is 10.2 Å². The molecule has 2 unspecified atom stereocenters. The summed E-state index contributed by atoms with van der Waals surface area (Å²) < 4.78 is 3.74. The number of amides is 1. The van der Waals surface area contributed by atoms with Gasteiger partial charge >= 0.3 is 0 Å². The molecule has 1 aliphatic heterocycles.